The van der Waals surface area contributed by atoms with Crippen molar-refractivity contribution in [1.82, 2.24) is 15.3 Å². The molecule has 6 heteroatoms. The Hall–Kier alpha value is -1.39. The van der Waals surface area contributed by atoms with E-state index < -0.39 is 5.41 Å². The Morgan fingerprint density at radius 2 is 1.67 bits per heavy atom. The van der Waals surface area contributed by atoms with Crippen LogP contribution in [0.3, 0.4) is 0 Å². The number of nitrogens with zero attached hydrogens (tertiary/aromatic N) is 2. The van der Waals surface area contributed by atoms with Crippen molar-refractivity contribution in [2.45, 2.75) is 64.2 Å². The van der Waals surface area contributed by atoms with Gasteiger partial charge in [-0.05, 0) is 36.8 Å². The van der Waals surface area contributed by atoms with Gasteiger partial charge in [-0.2, -0.15) is 0 Å². The standard InChI is InChI=1S/C21H25Cl2N3O/c1-5-6-9-24-18(27)21-8-7-20(4,19(21,2)3)16-17(21)26-15-11-13(23)12(22)10-14(15)25-16/h10-11H,5-9H2,1-4H3,(H,24,27). The van der Waals surface area contributed by atoms with Crippen molar-refractivity contribution in [3.05, 3.63) is 33.6 Å². The average molecular weight is 406 g/mol. The summed E-state index contributed by atoms with van der Waals surface area (Å²) in [6.07, 6.45) is 3.75. The lowest BCUT2D eigenvalue weighted by Gasteiger charge is -2.39. The monoisotopic (exact) mass is 405 g/mol. The fraction of sp³-hybridized carbons (Fsp3) is 0.571. The van der Waals surface area contributed by atoms with Crippen molar-refractivity contribution in [1.29, 1.82) is 0 Å². The van der Waals surface area contributed by atoms with E-state index in [-0.39, 0.29) is 16.7 Å². The lowest BCUT2D eigenvalue weighted by molar-refractivity contribution is -0.130. The van der Waals surface area contributed by atoms with Gasteiger partial charge in [-0.3, -0.25) is 4.79 Å². The molecule has 4 nitrogen and oxygen atoms in total. The molecule has 0 aliphatic heterocycles. The van der Waals surface area contributed by atoms with Crippen molar-refractivity contribution < 1.29 is 4.79 Å². The lowest BCUT2D eigenvalue weighted by atomic mass is 9.63. The van der Waals surface area contributed by atoms with Crippen molar-refractivity contribution in [2.75, 3.05) is 6.54 Å². The summed E-state index contributed by atoms with van der Waals surface area (Å²) in [7, 11) is 0. The number of hydrogen-bond donors (Lipinski definition) is 1. The first-order valence-electron chi connectivity index (χ1n) is 9.65. The molecule has 27 heavy (non-hydrogen) atoms. The van der Waals surface area contributed by atoms with E-state index in [1.54, 1.807) is 12.1 Å². The van der Waals surface area contributed by atoms with Gasteiger partial charge in [0.15, 0.2) is 0 Å². The molecule has 0 spiro atoms. The Bertz CT molecular complexity index is 958. The third kappa shape index (κ3) is 2.26. The summed E-state index contributed by atoms with van der Waals surface area (Å²) in [5.41, 5.74) is 2.06. The SMILES string of the molecule is CCCCNC(=O)C12CCC(C)(c3nc4cc(Cl)c(Cl)cc4nc31)C2(C)C. The number of fused-ring (bicyclic) bond motifs is 6. The summed E-state index contributed by atoms with van der Waals surface area (Å²) >= 11 is 12.4. The van der Waals surface area contributed by atoms with Crippen LogP contribution in [0.15, 0.2) is 12.1 Å². The molecule has 1 fully saturated rings. The van der Waals surface area contributed by atoms with Crippen molar-refractivity contribution in [3.8, 4) is 0 Å². The first-order chi connectivity index (χ1) is 12.7. The number of benzene rings is 1. The summed E-state index contributed by atoms with van der Waals surface area (Å²) in [6, 6.07) is 3.51. The minimum Gasteiger partial charge on any atom is -0.355 e. The number of nitrogens with one attached hydrogen (secondary N) is 1. The fourth-order valence-corrected chi connectivity index (χ4v) is 5.45. The Balaban J connectivity index is 1.93. The van der Waals surface area contributed by atoms with Gasteiger partial charge in [0, 0.05) is 12.0 Å². The quantitative estimate of drug-likeness (QED) is 0.712. The number of amides is 1. The topological polar surface area (TPSA) is 54.9 Å². The molecule has 1 N–H and O–H groups in total. The highest BCUT2D eigenvalue weighted by molar-refractivity contribution is 6.42. The van der Waals surface area contributed by atoms with Crippen LogP contribution in [0.5, 0.6) is 0 Å². The smallest absolute Gasteiger partial charge is 0.232 e. The van der Waals surface area contributed by atoms with Gasteiger partial charge in [0.25, 0.3) is 0 Å². The van der Waals surface area contributed by atoms with Crippen LogP contribution in [0.1, 0.15) is 64.8 Å². The molecular weight excluding hydrogens is 381 g/mol. The molecule has 1 amide bonds. The zero-order valence-corrected chi connectivity index (χ0v) is 17.8. The van der Waals surface area contributed by atoms with Gasteiger partial charge in [0.05, 0.1) is 37.9 Å². The molecule has 2 aliphatic carbocycles. The molecule has 1 saturated carbocycles. The van der Waals surface area contributed by atoms with Crippen LogP contribution in [0.2, 0.25) is 10.0 Å². The molecule has 1 heterocycles. The molecular formula is C21H25Cl2N3O. The number of carbonyl (C=O) groups is 1. The lowest BCUT2D eigenvalue weighted by Crippen LogP contribution is -2.51. The highest BCUT2D eigenvalue weighted by Gasteiger charge is 2.73. The maximum absolute atomic E-state index is 13.5. The number of carbonyl (C=O) groups excluding carboxylic acids is 1. The summed E-state index contributed by atoms with van der Waals surface area (Å²) in [5, 5.41) is 4.10. The van der Waals surface area contributed by atoms with E-state index in [4.69, 9.17) is 33.2 Å². The van der Waals surface area contributed by atoms with Crippen LogP contribution in [-0.2, 0) is 15.6 Å². The zero-order valence-electron chi connectivity index (χ0n) is 16.2. The molecule has 2 unspecified atom stereocenters. The highest BCUT2D eigenvalue weighted by Crippen LogP contribution is 2.70. The van der Waals surface area contributed by atoms with Gasteiger partial charge in [-0.25, -0.2) is 9.97 Å². The number of aromatic nitrogens is 2. The van der Waals surface area contributed by atoms with Crippen molar-refractivity contribution in [3.63, 3.8) is 0 Å². The van der Waals surface area contributed by atoms with E-state index in [1.165, 1.54) is 0 Å². The van der Waals surface area contributed by atoms with Gasteiger partial charge in [-0.15, -0.1) is 0 Å². The molecule has 2 atom stereocenters. The molecule has 2 bridgehead atoms. The Labute approximate surface area is 170 Å². The molecule has 1 aromatic carbocycles. The van der Waals surface area contributed by atoms with E-state index in [0.29, 0.717) is 22.1 Å². The highest BCUT2D eigenvalue weighted by atomic mass is 35.5. The maximum Gasteiger partial charge on any atom is 0.232 e. The van der Waals surface area contributed by atoms with Crippen LogP contribution in [0, 0.1) is 5.41 Å². The average Bonchev–Trinajstić information content (AvgIpc) is 2.91. The molecule has 144 valence electrons. The second-order valence-electron chi connectivity index (χ2n) is 8.65. The normalized spacial score (nSPS) is 27.8. The van der Waals surface area contributed by atoms with Crippen LogP contribution >= 0.6 is 23.2 Å². The molecule has 2 aliphatic rings. The first-order valence-corrected chi connectivity index (χ1v) is 10.4. The zero-order chi connectivity index (χ0) is 19.6. The second-order valence-corrected chi connectivity index (χ2v) is 9.46. The second kappa shape index (κ2) is 6.05. The summed E-state index contributed by atoms with van der Waals surface area (Å²) < 4.78 is 0. The largest absolute Gasteiger partial charge is 0.355 e. The third-order valence-corrected chi connectivity index (χ3v) is 8.01. The number of rotatable bonds is 4. The molecule has 0 radical (unpaired) electrons. The van der Waals surface area contributed by atoms with E-state index in [0.717, 1.165) is 42.6 Å². The predicted octanol–water partition coefficient (Wildman–Crippen LogP) is 5.18. The third-order valence-electron chi connectivity index (χ3n) is 7.28. The van der Waals surface area contributed by atoms with Crippen molar-refractivity contribution in [2.24, 2.45) is 5.41 Å². The molecule has 0 saturated heterocycles. The number of unbranched alkanes of at least 4 members (excludes halogenated alkanes) is 1. The number of hydrogen-bond acceptors (Lipinski definition) is 3. The Morgan fingerprint density at radius 3 is 2.26 bits per heavy atom. The van der Waals surface area contributed by atoms with E-state index in [2.05, 4.69) is 33.0 Å². The first kappa shape index (κ1) is 18.9. The maximum atomic E-state index is 13.5. The van der Waals surface area contributed by atoms with Crippen LogP contribution in [-0.4, -0.2) is 22.4 Å². The number of halogens is 2. The van der Waals surface area contributed by atoms with Gasteiger partial charge < -0.3 is 5.32 Å². The summed E-state index contributed by atoms with van der Waals surface area (Å²) in [4.78, 5) is 23.3. The molecule has 1 aromatic heterocycles. The molecule has 4 rings (SSSR count). The van der Waals surface area contributed by atoms with Crippen LogP contribution in [0.4, 0.5) is 0 Å². The van der Waals surface area contributed by atoms with Gasteiger partial charge in [0.2, 0.25) is 5.91 Å². The van der Waals surface area contributed by atoms with E-state index in [1.807, 2.05) is 0 Å². The minimum atomic E-state index is -0.655. The van der Waals surface area contributed by atoms with E-state index >= 15 is 0 Å². The van der Waals surface area contributed by atoms with Crippen molar-refractivity contribution >= 4 is 40.1 Å². The predicted molar refractivity (Wildman–Crippen MR) is 110 cm³/mol. The Kier molecular flexibility index (Phi) is 4.25. The van der Waals surface area contributed by atoms with Gasteiger partial charge in [-0.1, -0.05) is 57.3 Å². The van der Waals surface area contributed by atoms with Crippen LogP contribution < -0.4 is 5.32 Å². The summed E-state index contributed by atoms with van der Waals surface area (Å²) in [5.74, 6) is 0.0807. The Morgan fingerprint density at radius 1 is 1.07 bits per heavy atom. The van der Waals surface area contributed by atoms with Gasteiger partial charge >= 0.3 is 0 Å². The molecule has 2 aromatic rings. The fourth-order valence-electron chi connectivity index (χ4n) is 5.13. The van der Waals surface area contributed by atoms with E-state index in [9.17, 15) is 4.79 Å². The summed E-state index contributed by atoms with van der Waals surface area (Å²) in [6.45, 7) is 9.42. The van der Waals surface area contributed by atoms with Gasteiger partial charge in [0.1, 0.15) is 0 Å². The van der Waals surface area contributed by atoms with Crippen LogP contribution in [0.25, 0.3) is 11.0 Å². The minimum absolute atomic E-state index is 0.0807.